The number of halogens is 1. The third kappa shape index (κ3) is 3.15. The van der Waals surface area contributed by atoms with Gasteiger partial charge >= 0.3 is 0 Å². The largest absolute Gasteiger partial charge is 0.299 e. The Labute approximate surface area is 89.3 Å². The fourth-order valence-electron chi connectivity index (χ4n) is 1.73. The van der Waals surface area contributed by atoms with E-state index < -0.39 is 0 Å². The summed E-state index contributed by atoms with van der Waals surface area (Å²) in [5.74, 6) is 0.586. The van der Waals surface area contributed by atoms with Crippen LogP contribution in [0.25, 0.3) is 0 Å². The first-order valence-electron chi connectivity index (χ1n) is 5.53. The number of Topliss-reactive ketones (excluding diaryl/α,β-unsaturated/α-hetero) is 1. The van der Waals surface area contributed by atoms with Crippen molar-refractivity contribution in [3.63, 3.8) is 0 Å². The van der Waals surface area contributed by atoms with Gasteiger partial charge in [-0.05, 0) is 43.4 Å². The molecule has 1 aromatic carbocycles. The second-order valence-electron chi connectivity index (χ2n) is 4.22. The summed E-state index contributed by atoms with van der Waals surface area (Å²) in [6.07, 6.45) is 4.63. The molecule has 80 valence electrons. The third-order valence-corrected chi connectivity index (χ3v) is 2.83. The average molecular weight is 206 g/mol. The molecule has 1 aliphatic carbocycles. The van der Waals surface area contributed by atoms with Gasteiger partial charge in [0.05, 0.1) is 0 Å². The van der Waals surface area contributed by atoms with Crippen LogP contribution in [0.4, 0.5) is 4.39 Å². The zero-order chi connectivity index (χ0) is 10.7. The molecule has 1 fully saturated rings. The van der Waals surface area contributed by atoms with Crippen LogP contribution < -0.4 is 0 Å². The molecule has 0 radical (unpaired) electrons. The van der Waals surface area contributed by atoms with E-state index in [9.17, 15) is 9.18 Å². The van der Waals surface area contributed by atoms with Crippen molar-refractivity contribution < 1.29 is 9.18 Å². The second-order valence-corrected chi connectivity index (χ2v) is 4.22. The van der Waals surface area contributed by atoms with Crippen LogP contribution in [0.1, 0.15) is 31.2 Å². The van der Waals surface area contributed by atoms with E-state index >= 15 is 0 Å². The average Bonchev–Trinajstić information content (AvgIpc) is 3.04. The fraction of sp³-hybridized carbons (Fsp3) is 0.462. The highest BCUT2D eigenvalue weighted by Gasteiger charge is 2.28. The highest BCUT2D eigenvalue weighted by molar-refractivity contribution is 5.83. The van der Waals surface area contributed by atoms with E-state index in [1.54, 1.807) is 12.1 Å². The van der Waals surface area contributed by atoms with Gasteiger partial charge in [-0.25, -0.2) is 4.39 Å². The van der Waals surface area contributed by atoms with Crippen molar-refractivity contribution in [2.24, 2.45) is 5.92 Å². The summed E-state index contributed by atoms with van der Waals surface area (Å²) in [5, 5.41) is 0. The van der Waals surface area contributed by atoms with Crippen molar-refractivity contribution in [1.82, 2.24) is 0 Å². The van der Waals surface area contributed by atoms with E-state index in [4.69, 9.17) is 0 Å². The van der Waals surface area contributed by atoms with E-state index in [2.05, 4.69) is 0 Å². The highest BCUT2D eigenvalue weighted by Crippen LogP contribution is 2.31. The molecule has 0 aliphatic heterocycles. The summed E-state index contributed by atoms with van der Waals surface area (Å²) in [6.45, 7) is 0. The summed E-state index contributed by atoms with van der Waals surface area (Å²) >= 11 is 0. The molecule has 0 amide bonds. The standard InChI is InChI=1S/C13H15FO/c14-12-8-4-10(5-9-12)2-1-3-13(15)11-6-7-11/h4-5,8-9,11H,1-3,6-7H2. The first kappa shape index (κ1) is 10.3. The maximum Gasteiger partial charge on any atom is 0.135 e. The Kier molecular flexibility index (Phi) is 3.14. The zero-order valence-corrected chi connectivity index (χ0v) is 8.71. The van der Waals surface area contributed by atoms with Crippen molar-refractivity contribution in [3.05, 3.63) is 35.6 Å². The van der Waals surface area contributed by atoms with Gasteiger partial charge in [0.1, 0.15) is 11.6 Å². The summed E-state index contributed by atoms with van der Waals surface area (Å²) in [6, 6.07) is 6.52. The number of aryl methyl sites for hydroxylation is 1. The SMILES string of the molecule is O=C(CCCc1ccc(F)cc1)C1CC1. The van der Waals surface area contributed by atoms with Crippen LogP contribution in [-0.2, 0) is 11.2 Å². The Bertz CT molecular complexity index is 338. The molecule has 2 rings (SSSR count). The van der Waals surface area contributed by atoms with Gasteiger partial charge in [0.2, 0.25) is 0 Å². The second kappa shape index (κ2) is 4.56. The lowest BCUT2D eigenvalue weighted by atomic mass is 10.1. The van der Waals surface area contributed by atoms with Crippen LogP contribution in [0.3, 0.4) is 0 Å². The molecule has 0 bridgehead atoms. The summed E-state index contributed by atoms with van der Waals surface area (Å²) in [7, 11) is 0. The molecular formula is C13H15FO. The number of hydrogen-bond donors (Lipinski definition) is 0. The first-order chi connectivity index (χ1) is 7.25. The van der Waals surface area contributed by atoms with Crippen molar-refractivity contribution in [1.29, 1.82) is 0 Å². The Morgan fingerprint density at radius 3 is 2.53 bits per heavy atom. The van der Waals surface area contributed by atoms with Gasteiger partial charge < -0.3 is 0 Å². The van der Waals surface area contributed by atoms with E-state index in [1.165, 1.54) is 12.1 Å². The fourth-order valence-corrected chi connectivity index (χ4v) is 1.73. The smallest absolute Gasteiger partial charge is 0.135 e. The zero-order valence-electron chi connectivity index (χ0n) is 8.71. The van der Waals surface area contributed by atoms with Crippen LogP contribution in [0.5, 0.6) is 0 Å². The molecule has 0 aromatic heterocycles. The molecule has 0 heterocycles. The van der Waals surface area contributed by atoms with Gasteiger partial charge in [-0.15, -0.1) is 0 Å². The predicted octanol–water partition coefficient (Wildman–Crippen LogP) is 3.13. The van der Waals surface area contributed by atoms with Crippen molar-refractivity contribution in [2.75, 3.05) is 0 Å². The van der Waals surface area contributed by atoms with Crippen LogP contribution in [0.15, 0.2) is 24.3 Å². The molecule has 1 aliphatic rings. The summed E-state index contributed by atoms with van der Waals surface area (Å²) in [4.78, 5) is 11.4. The minimum atomic E-state index is -0.201. The number of carbonyl (C=O) groups is 1. The molecular weight excluding hydrogens is 191 g/mol. The van der Waals surface area contributed by atoms with Crippen LogP contribution in [-0.4, -0.2) is 5.78 Å². The number of hydrogen-bond acceptors (Lipinski definition) is 1. The minimum Gasteiger partial charge on any atom is -0.299 e. The maximum atomic E-state index is 12.6. The number of carbonyl (C=O) groups excluding carboxylic acids is 1. The third-order valence-electron chi connectivity index (χ3n) is 2.83. The van der Waals surface area contributed by atoms with Gasteiger partial charge in [-0.2, -0.15) is 0 Å². The minimum absolute atomic E-state index is 0.201. The van der Waals surface area contributed by atoms with Gasteiger partial charge in [-0.1, -0.05) is 12.1 Å². The van der Waals surface area contributed by atoms with Gasteiger partial charge in [0, 0.05) is 12.3 Å². The van der Waals surface area contributed by atoms with Crippen LogP contribution >= 0.6 is 0 Å². The lowest BCUT2D eigenvalue weighted by molar-refractivity contribution is -0.120. The predicted molar refractivity (Wildman–Crippen MR) is 57.1 cm³/mol. The van der Waals surface area contributed by atoms with E-state index in [-0.39, 0.29) is 5.82 Å². The molecule has 15 heavy (non-hydrogen) atoms. The molecule has 0 saturated heterocycles. The van der Waals surface area contributed by atoms with E-state index in [1.807, 2.05) is 0 Å². The maximum absolute atomic E-state index is 12.6. The van der Waals surface area contributed by atoms with Crippen molar-refractivity contribution >= 4 is 5.78 Å². The molecule has 0 unspecified atom stereocenters. The van der Waals surface area contributed by atoms with Gasteiger partial charge in [0.15, 0.2) is 0 Å². The Hall–Kier alpha value is -1.18. The first-order valence-corrected chi connectivity index (χ1v) is 5.53. The normalized spacial score (nSPS) is 15.3. The van der Waals surface area contributed by atoms with Gasteiger partial charge in [0.25, 0.3) is 0 Å². The number of benzene rings is 1. The Morgan fingerprint density at radius 1 is 1.27 bits per heavy atom. The van der Waals surface area contributed by atoms with Gasteiger partial charge in [-0.3, -0.25) is 4.79 Å². The lowest BCUT2D eigenvalue weighted by Gasteiger charge is -2.00. The van der Waals surface area contributed by atoms with E-state index in [0.717, 1.165) is 31.2 Å². The molecule has 1 aromatic rings. The van der Waals surface area contributed by atoms with E-state index in [0.29, 0.717) is 18.1 Å². The van der Waals surface area contributed by atoms with Crippen LogP contribution in [0.2, 0.25) is 0 Å². The monoisotopic (exact) mass is 206 g/mol. The van der Waals surface area contributed by atoms with Crippen molar-refractivity contribution in [2.45, 2.75) is 32.1 Å². The topological polar surface area (TPSA) is 17.1 Å². The highest BCUT2D eigenvalue weighted by atomic mass is 19.1. The Morgan fingerprint density at radius 2 is 1.93 bits per heavy atom. The quantitative estimate of drug-likeness (QED) is 0.723. The molecule has 1 nitrogen and oxygen atoms in total. The lowest BCUT2D eigenvalue weighted by Crippen LogP contribution is -2.00. The Balaban J connectivity index is 1.73. The number of rotatable bonds is 5. The molecule has 0 spiro atoms. The molecule has 2 heteroatoms. The summed E-state index contributed by atoms with van der Waals surface area (Å²) in [5.41, 5.74) is 1.11. The number of ketones is 1. The molecule has 1 saturated carbocycles. The molecule has 0 atom stereocenters. The molecule has 0 N–H and O–H groups in total. The van der Waals surface area contributed by atoms with Crippen LogP contribution in [0, 0.1) is 11.7 Å². The van der Waals surface area contributed by atoms with Crippen molar-refractivity contribution in [3.8, 4) is 0 Å². The summed E-state index contributed by atoms with van der Waals surface area (Å²) < 4.78 is 12.6.